The van der Waals surface area contributed by atoms with Crippen molar-refractivity contribution in [2.75, 3.05) is 0 Å². The van der Waals surface area contributed by atoms with Gasteiger partial charge in [0.2, 0.25) is 0 Å². The van der Waals surface area contributed by atoms with Crippen molar-refractivity contribution >= 4 is 16.6 Å². The van der Waals surface area contributed by atoms with Crippen LogP contribution in [-0.4, -0.2) is 9.91 Å². The number of nitro groups is 1. The van der Waals surface area contributed by atoms with E-state index in [1.807, 2.05) is 60.7 Å². The van der Waals surface area contributed by atoms with Gasteiger partial charge in [-0.25, -0.2) is 4.98 Å². The number of nitro benzene ring substituents is 1. The average Bonchev–Trinajstić information content (AvgIpc) is 2.73. The molecule has 2 N–H and O–H groups in total. The van der Waals surface area contributed by atoms with Crippen LogP contribution in [0.4, 0.5) is 5.69 Å². The van der Waals surface area contributed by atoms with Crippen LogP contribution in [0.1, 0.15) is 5.56 Å². The quantitative estimate of drug-likeness (QED) is 0.415. The fraction of sp³-hybridized carbons (Fsp3) is 0.0455. The van der Waals surface area contributed by atoms with E-state index in [1.165, 1.54) is 6.07 Å². The summed E-state index contributed by atoms with van der Waals surface area (Å²) >= 11 is 0. The van der Waals surface area contributed by atoms with E-state index in [0.717, 1.165) is 27.9 Å². The number of aromatic nitrogens is 1. The molecule has 0 fully saturated rings. The van der Waals surface area contributed by atoms with Crippen LogP contribution in [0.2, 0.25) is 0 Å². The van der Waals surface area contributed by atoms with E-state index in [2.05, 4.69) is 0 Å². The van der Waals surface area contributed by atoms with Crippen molar-refractivity contribution in [3.63, 3.8) is 0 Å². The highest BCUT2D eigenvalue weighted by Gasteiger charge is 2.17. The molecule has 0 aliphatic rings. The molecule has 4 rings (SSSR count). The fourth-order valence-electron chi connectivity index (χ4n) is 3.20. The molecule has 5 nitrogen and oxygen atoms in total. The molecule has 1 heterocycles. The Kier molecular flexibility index (Phi) is 4.36. The Hall–Kier alpha value is -3.57. The third kappa shape index (κ3) is 3.16. The highest BCUT2D eigenvalue weighted by Crippen LogP contribution is 2.36. The maximum Gasteiger partial charge on any atom is 0.278 e. The smallest absolute Gasteiger partial charge is 0.278 e. The third-order valence-corrected chi connectivity index (χ3v) is 4.58. The average molecular weight is 355 g/mol. The lowest BCUT2D eigenvalue weighted by atomic mass is 9.96. The molecule has 27 heavy (non-hydrogen) atoms. The molecule has 0 bridgehead atoms. The van der Waals surface area contributed by atoms with Gasteiger partial charge in [-0.1, -0.05) is 60.7 Å². The SMILES string of the molecule is NCc1ccc(-c2cc3c([N+](=O)[O-])cccc3nc2-c2ccccc2)cc1. The van der Waals surface area contributed by atoms with Crippen molar-refractivity contribution in [2.45, 2.75) is 6.54 Å². The number of non-ortho nitro benzene ring substituents is 1. The highest BCUT2D eigenvalue weighted by atomic mass is 16.6. The van der Waals surface area contributed by atoms with Crippen molar-refractivity contribution < 1.29 is 4.92 Å². The lowest BCUT2D eigenvalue weighted by Gasteiger charge is -2.12. The minimum atomic E-state index is -0.368. The largest absolute Gasteiger partial charge is 0.326 e. The lowest BCUT2D eigenvalue weighted by molar-refractivity contribution is -0.383. The maximum atomic E-state index is 11.5. The first-order chi connectivity index (χ1) is 13.2. The fourth-order valence-corrected chi connectivity index (χ4v) is 3.20. The molecule has 0 spiro atoms. The summed E-state index contributed by atoms with van der Waals surface area (Å²) in [6, 6.07) is 24.6. The first kappa shape index (κ1) is 16.9. The molecule has 0 atom stereocenters. The summed E-state index contributed by atoms with van der Waals surface area (Å²) in [4.78, 5) is 15.9. The van der Waals surface area contributed by atoms with Crippen LogP contribution in [0.15, 0.2) is 78.9 Å². The van der Waals surface area contributed by atoms with E-state index in [0.29, 0.717) is 17.4 Å². The number of fused-ring (bicyclic) bond motifs is 1. The van der Waals surface area contributed by atoms with Gasteiger partial charge in [-0.2, -0.15) is 0 Å². The summed E-state index contributed by atoms with van der Waals surface area (Å²) in [5, 5.41) is 12.0. The molecule has 4 aromatic rings. The van der Waals surface area contributed by atoms with Crippen LogP contribution in [0, 0.1) is 10.1 Å². The van der Waals surface area contributed by atoms with Gasteiger partial charge in [0.15, 0.2) is 0 Å². The van der Waals surface area contributed by atoms with Gasteiger partial charge < -0.3 is 5.73 Å². The zero-order valence-corrected chi connectivity index (χ0v) is 14.5. The van der Waals surface area contributed by atoms with Gasteiger partial charge >= 0.3 is 0 Å². The lowest BCUT2D eigenvalue weighted by Crippen LogP contribution is -1.97. The molecular formula is C22H17N3O2. The summed E-state index contributed by atoms with van der Waals surface area (Å²) in [6.45, 7) is 0.466. The van der Waals surface area contributed by atoms with Gasteiger partial charge in [0, 0.05) is 23.7 Å². The number of hydrogen-bond donors (Lipinski definition) is 1. The number of nitrogens with two attached hydrogens (primary N) is 1. The van der Waals surface area contributed by atoms with Crippen molar-refractivity contribution in [3.8, 4) is 22.4 Å². The van der Waals surface area contributed by atoms with Crippen molar-refractivity contribution in [2.24, 2.45) is 5.73 Å². The molecular weight excluding hydrogens is 338 g/mol. The van der Waals surface area contributed by atoms with Gasteiger partial charge in [-0.05, 0) is 23.3 Å². The van der Waals surface area contributed by atoms with Crippen LogP contribution < -0.4 is 5.73 Å². The molecule has 0 radical (unpaired) electrons. The molecule has 0 aliphatic carbocycles. The molecule has 1 aromatic heterocycles. The Bertz CT molecular complexity index is 1120. The van der Waals surface area contributed by atoms with E-state index in [1.54, 1.807) is 12.1 Å². The predicted molar refractivity (Wildman–Crippen MR) is 107 cm³/mol. The second kappa shape index (κ2) is 6.97. The molecule has 3 aromatic carbocycles. The zero-order chi connectivity index (χ0) is 18.8. The zero-order valence-electron chi connectivity index (χ0n) is 14.5. The first-order valence-corrected chi connectivity index (χ1v) is 8.60. The second-order valence-corrected chi connectivity index (χ2v) is 6.25. The molecule has 132 valence electrons. The number of nitrogens with zero attached hydrogens (tertiary/aromatic N) is 2. The van der Waals surface area contributed by atoms with Crippen LogP contribution in [0.25, 0.3) is 33.3 Å². The molecule has 0 saturated carbocycles. The Morgan fingerprint density at radius 3 is 2.30 bits per heavy atom. The molecule has 0 unspecified atom stereocenters. The van der Waals surface area contributed by atoms with E-state index >= 15 is 0 Å². The van der Waals surface area contributed by atoms with Gasteiger partial charge in [0.25, 0.3) is 5.69 Å². The van der Waals surface area contributed by atoms with Gasteiger partial charge in [0.1, 0.15) is 0 Å². The van der Waals surface area contributed by atoms with Crippen molar-refractivity contribution in [1.82, 2.24) is 4.98 Å². The first-order valence-electron chi connectivity index (χ1n) is 8.60. The minimum Gasteiger partial charge on any atom is -0.326 e. The van der Waals surface area contributed by atoms with Gasteiger partial charge in [-0.15, -0.1) is 0 Å². The summed E-state index contributed by atoms with van der Waals surface area (Å²) in [7, 11) is 0. The Balaban J connectivity index is 2.03. The number of benzene rings is 3. The second-order valence-electron chi connectivity index (χ2n) is 6.25. The minimum absolute atomic E-state index is 0.0550. The summed E-state index contributed by atoms with van der Waals surface area (Å²) in [5.74, 6) is 0. The van der Waals surface area contributed by atoms with Crippen LogP contribution in [0.3, 0.4) is 0 Å². The summed E-state index contributed by atoms with van der Waals surface area (Å²) in [5.41, 5.74) is 10.9. The molecule has 5 heteroatoms. The topological polar surface area (TPSA) is 82.0 Å². The Morgan fingerprint density at radius 1 is 0.889 bits per heavy atom. The van der Waals surface area contributed by atoms with E-state index < -0.39 is 0 Å². The van der Waals surface area contributed by atoms with E-state index in [-0.39, 0.29) is 10.6 Å². The number of rotatable bonds is 4. The van der Waals surface area contributed by atoms with Crippen LogP contribution in [0.5, 0.6) is 0 Å². The summed E-state index contributed by atoms with van der Waals surface area (Å²) in [6.07, 6.45) is 0. The predicted octanol–water partition coefficient (Wildman–Crippen LogP) is 4.94. The Labute approximate surface area is 156 Å². The van der Waals surface area contributed by atoms with E-state index in [4.69, 9.17) is 10.7 Å². The molecule has 0 saturated heterocycles. The molecule has 0 amide bonds. The van der Waals surface area contributed by atoms with E-state index in [9.17, 15) is 10.1 Å². The van der Waals surface area contributed by atoms with Gasteiger partial charge in [0.05, 0.1) is 21.5 Å². The number of hydrogen-bond acceptors (Lipinski definition) is 4. The maximum absolute atomic E-state index is 11.5. The normalized spacial score (nSPS) is 10.9. The monoisotopic (exact) mass is 355 g/mol. The van der Waals surface area contributed by atoms with Crippen molar-refractivity contribution in [3.05, 3.63) is 94.5 Å². The highest BCUT2D eigenvalue weighted by molar-refractivity contribution is 5.96. The van der Waals surface area contributed by atoms with Crippen LogP contribution >= 0.6 is 0 Å². The Morgan fingerprint density at radius 2 is 1.63 bits per heavy atom. The van der Waals surface area contributed by atoms with Crippen molar-refractivity contribution in [1.29, 1.82) is 0 Å². The summed E-state index contributed by atoms with van der Waals surface area (Å²) < 4.78 is 0. The standard InChI is InChI=1S/C22H17N3O2/c23-14-15-9-11-16(12-10-15)18-13-19-20(7-4-8-21(19)25(26)27)24-22(18)17-5-2-1-3-6-17/h1-13H,14,23H2. The van der Waals surface area contributed by atoms with Gasteiger partial charge in [-0.3, -0.25) is 10.1 Å². The number of pyridine rings is 1. The third-order valence-electron chi connectivity index (χ3n) is 4.58. The van der Waals surface area contributed by atoms with Crippen LogP contribution in [-0.2, 0) is 6.54 Å². The molecule has 0 aliphatic heterocycles.